The minimum Gasteiger partial charge on any atom is -0.463 e. The van der Waals surface area contributed by atoms with Gasteiger partial charge in [0.2, 0.25) is 0 Å². The average Bonchev–Trinajstić information content (AvgIpc) is 2.87. The van der Waals surface area contributed by atoms with Crippen LogP contribution in [0.25, 0.3) is 11.1 Å². The van der Waals surface area contributed by atoms with Crippen molar-refractivity contribution in [2.75, 3.05) is 6.61 Å². The summed E-state index contributed by atoms with van der Waals surface area (Å²) in [6, 6.07) is 1.82. The van der Waals surface area contributed by atoms with Crippen LogP contribution in [0, 0.1) is 0 Å². The molecule has 0 fully saturated rings. The van der Waals surface area contributed by atoms with Gasteiger partial charge in [-0.15, -0.1) is 0 Å². The van der Waals surface area contributed by atoms with Crippen molar-refractivity contribution >= 4 is 23.0 Å². The Morgan fingerprint density at radius 2 is 2.35 bits per heavy atom. The van der Waals surface area contributed by atoms with E-state index in [2.05, 4.69) is 9.72 Å². The van der Waals surface area contributed by atoms with Crippen LogP contribution >= 0.6 is 0 Å². The van der Waals surface area contributed by atoms with E-state index in [-0.39, 0.29) is 5.69 Å². The molecule has 0 spiro atoms. The summed E-state index contributed by atoms with van der Waals surface area (Å²) in [4.78, 5) is 25.3. The maximum Gasteiger partial charge on any atom is 0.362 e. The van der Waals surface area contributed by atoms with E-state index in [4.69, 9.17) is 15.3 Å². The van der Waals surface area contributed by atoms with Gasteiger partial charge in [-0.05, 0) is 0 Å². The minimum atomic E-state index is -1.23. The summed E-state index contributed by atoms with van der Waals surface area (Å²) in [6.07, 6.45) is 1.46. The van der Waals surface area contributed by atoms with E-state index in [1.165, 1.54) is 12.3 Å². The highest BCUT2D eigenvalue weighted by Crippen LogP contribution is 2.16. The summed E-state index contributed by atoms with van der Waals surface area (Å²) in [5, 5.41) is 8.61. The van der Waals surface area contributed by atoms with Crippen molar-refractivity contribution in [2.45, 2.75) is 6.04 Å². The number of aromatic amines is 1. The number of aliphatic hydroxyl groups excluding tert-OH is 1. The smallest absolute Gasteiger partial charge is 0.362 e. The number of fused-ring (bicyclic) bond motifs is 1. The van der Waals surface area contributed by atoms with Gasteiger partial charge in [0.1, 0.15) is 11.7 Å². The highest BCUT2D eigenvalue weighted by molar-refractivity contribution is 5.99. The fraction of sp³-hybridized carbons (Fsp3) is 0.200. The fourth-order valence-electron chi connectivity index (χ4n) is 1.25. The van der Waals surface area contributed by atoms with E-state index in [1.54, 1.807) is 6.07 Å². The number of hydrogen-bond donors (Lipinski definition) is 3. The van der Waals surface area contributed by atoms with Crippen molar-refractivity contribution in [1.82, 2.24) is 4.98 Å². The van der Waals surface area contributed by atoms with Crippen LogP contribution in [0.4, 0.5) is 0 Å². The second-order valence-corrected chi connectivity index (χ2v) is 3.38. The lowest BCUT2D eigenvalue weighted by Crippen LogP contribution is -2.36. The molecule has 90 valence electrons. The quantitative estimate of drug-likeness (QED) is 0.501. The number of carbonyl (C=O) groups excluding carboxylic acids is 2. The molecule has 0 aromatic carbocycles. The van der Waals surface area contributed by atoms with E-state index >= 15 is 0 Å². The number of ether oxygens (including phenoxy) is 1. The molecule has 2 aromatic rings. The monoisotopic (exact) mass is 238 g/mol. The van der Waals surface area contributed by atoms with Gasteiger partial charge >= 0.3 is 11.9 Å². The van der Waals surface area contributed by atoms with Crippen molar-refractivity contribution in [1.29, 1.82) is 0 Å². The molecule has 0 aliphatic carbocycles. The Labute approximate surface area is 95.1 Å². The molecule has 4 N–H and O–H groups in total. The van der Waals surface area contributed by atoms with Crippen molar-refractivity contribution in [3.63, 3.8) is 0 Å². The van der Waals surface area contributed by atoms with Gasteiger partial charge in [-0.25, -0.2) is 9.59 Å². The third-order valence-corrected chi connectivity index (χ3v) is 2.15. The van der Waals surface area contributed by atoms with Gasteiger partial charge in [0.05, 0.1) is 18.4 Å². The number of rotatable bonds is 3. The molecule has 2 aromatic heterocycles. The normalized spacial score (nSPS) is 12.6. The van der Waals surface area contributed by atoms with Crippen LogP contribution in [0.3, 0.4) is 0 Å². The number of carbonyl (C=O) groups is 2. The SMILES string of the molecule is NC(CO)C(=O)OC(=O)c1cc2occc2[nH]1. The zero-order valence-electron chi connectivity index (χ0n) is 8.67. The van der Waals surface area contributed by atoms with Gasteiger partial charge in [-0.1, -0.05) is 0 Å². The van der Waals surface area contributed by atoms with E-state index < -0.39 is 24.6 Å². The molecular formula is C10H10N2O5. The second-order valence-electron chi connectivity index (χ2n) is 3.38. The minimum absolute atomic E-state index is 0.0813. The number of hydrogen-bond acceptors (Lipinski definition) is 6. The molecule has 2 heterocycles. The molecule has 0 aliphatic heterocycles. The maximum absolute atomic E-state index is 11.5. The Morgan fingerprint density at radius 3 is 3.00 bits per heavy atom. The number of esters is 2. The molecule has 7 nitrogen and oxygen atoms in total. The predicted octanol–water partition coefficient (Wildman–Crippen LogP) is -0.236. The largest absolute Gasteiger partial charge is 0.463 e. The van der Waals surface area contributed by atoms with Crippen molar-refractivity contribution in [3.05, 3.63) is 24.1 Å². The summed E-state index contributed by atoms with van der Waals surface area (Å²) in [5.74, 6) is -1.85. The predicted molar refractivity (Wildman–Crippen MR) is 56.0 cm³/mol. The van der Waals surface area contributed by atoms with Crippen molar-refractivity contribution < 1.29 is 23.8 Å². The molecule has 0 radical (unpaired) electrons. The van der Waals surface area contributed by atoms with Crippen LogP contribution in [-0.2, 0) is 9.53 Å². The van der Waals surface area contributed by atoms with Gasteiger partial charge in [-0.3, -0.25) is 0 Å². The van der Waals surface area contributed by atoms with Crippen LogP contribution < -0.4 is 5.73 Å². The Balaban J connectivity index is 2.10. The van der Waals surface area contributed by atoms with Gasteiger partial charge < -0.3 is 25.0 Å². The maximum atomic E-state index is 11.5. The molecule has 0 bridgehead atoms. The summed E-state index contributed by atoms with van der Waals surface area (Å²) < 4.78 is 9.49. The first kappa shape index (κ1) is 11.4. The van der Waals surface area contributed by atoms with Crippen LogP contribution in [-0.4, -0.2) is 34.7 Å². The van der Waals surface area contributed by atoms with E-state index in [9.17, 15) is 9.59 Å². The highest BCUT2D eigenvalue weighted by atomic mass is 16.6. The molecule has 0 saturated carbocycles. The number of furan rings is 1. The molecule has 7 heteroatoms. The van der Waals surface area contributed by atoms with Crippen molar-refractivity contribution in [3.8, 4) is 0 Å². The standard InChI is InChI=1S/C10H10N2O5/c11-5(4-13)9(14)17-10(15)7-3-8-6(12-7)1-2-16-8/h1-3,5,12-13H,4,11H2. The molecule has 1 unspecified atom stereocenters. The first-order chi connectivity index (χ1) is 8.11. The Bertz CT molecular complexity index is 527. The fourth-order valence-corrected chi connectivity index (χ4v) is 1.25. The summed E-state index contributed by atoms with van der Waals surface area (Å²) >= 11 is 0. The number of H-pyrrole nitrogens is 1. The average molecular weight is 238 g/mol. The van der Waals surface area contributed by atoms with Crippen LogP contribution in [0.15, 0.2) is 22.8 Å². The molecule has 0 aliphatic rings. The van der Waals surface area contributed by atoms with E-state index in [0.717, 1.165) is 0 Å². The molecule has 17 heavy (non-hydrogen) atoms. The topological polar surface area (TPSA) is 119 Å². The highest BCUT2D eigenvalue weighted by Gasteiger charge is 2.20. The summed E-state index contributed by atoms with van der Waals surface area (Å²) in [6.45, 7) is -0.584. The lowest BCUT2D eigenvalue weighted by atomic mass is 10.3. The number of nitrogens with one attached hydrogen (secondary N) is 1. The van der Waals surface area contributed by atoms with Crippen LogP contribution in [0.2, 0.25) is 0 Å². The summed E-state index contributed by atoms with van der Waals surface area (Å²) in [5.41, 5.74) is 6.38. The Morgan fingerprint density at radius 1 is 1.59 bits per heavy atom. The molecule has 1 atom stereocenters. The van der Waals surface area contributed by atoms with Crippen LogP contribution in [0.5, 0.6) is 0 Å². The zero-order chi connectivity index (χ0) is 12.4. The van der Waals surface area contributed by atoms with E-state index in [1.807, 2.05) is 0 Å². The van der Waals surface area contributed by atoms with Gasteiger partial charge in [0.15, 0.2) is 5.58 Å². The second kappa shape index (κ2) is 4.40. The van der Waals surface area contributed by atoms with Gasteiger partial charge in [0.25, 0.3) is 0 Å². The summed E-state index contributed by atoms with van der Waals surface area (Å²) in [7, 11) is 0. The van der Waals surface area contributed by atoms with Crippen molar-refractivity contribution in [2.24, 2.45) is 5.73 Å². The number of aromatic nitrogens is 1. The molecule has 0 amide bonds. The third-order valence-electron chi connectivity index (χ3n) is 2.15. The molecule has 2 rings (SSSR count). The van der Waals surface area contributed by atoms with Crippen LogP contribution in [0.1, 0.15) is 10.5 Å². The first-order valence-corrected chi connectivity index (χ1v) is 4.80. The lowest BCUT2D eigenvalue weighted by Gasteiger charge is -2.05. The van der Waals surface area contributed by atoms with Gasteiger partial charge in [-0.2, -0.15) is 0 Å². The Hall–Kier alpha value is -2.12. The molecular weight excluding hydrogens is 228 g/mol. The van der Waals surface area contributed by atoms with Gasteiger partial charge in [0, 0.05) is 12.1 Å². The third kappa shape index (κ3) is 2.19. The molecule has 0 saturated heterocycles. The van der Waals surface area contributed by atoms with E-state index in [0.29, 0.717) is 11.1 Å². The zero-order valence-corrected chi connectivity index (χ0v) is 8.67. The number of aliphatic hydroxyl groups is 1. The Kier molecular flexibility index (Phi) is 2.94. The first-order valence-electron chi connectivity index (χ1n) is 4.80. The number of nitrogens with two attached hydrogens (primary N) is 1. The lowest BCUT2D eigenvalue weighted by molar-refractivity contribution is -0.140.